The Balaban J connectivity index is 1.41. The fraction of sp³-hybridized carbons (Fsp3) is 0.316. The number of hydrogen-bond acceptors (Lipinski definition) is 6. The van der Waals surface area contributed by atoms with Crippen LogP contribution in [0.25, 0.3) is 15.7 Å². The second-order valence-electron chi connectivity index (χ2n) is 6.54. The first-order valence-corrected chi connectivity index (χ1v) is 9.79. The maximum atomic E-state index is 4.71. The molecule has 1 saturated heterocycles. The molecule has 1 fully saturated rings. The minimum absolute atomic E-state index is 0.923. The van der Waals surface area contributed by atoms with Crippen LogP contribution in [0.5, 0.6) is 0 Å². The molecule has 132 valence electrons. The Kier molecular flexibility index (Phi) is 3.74. The lowest BCUT2D eigenvalue weighted by Gasteiger charge is -2.36. The molecule has 26 heavy (non-hydrogen) atoms. The van der Waals surface area contributed by atoms with Gasteiger partial charge in [0.25, 0.3) is 0 Å². The molecule has 3 aromatic heterocycles. The summed E-state index contributed by atoms with van der Waals surface area (Å²) in [5.74, 6) is 2.26. The summed E-state index contributed by atoms with van der Waals surface area (Å²) in [4.78, 5) is 9.46. The molecule has 5 rings (SSSR count). The number of fused-ring (bicyclic) bond motifs is 2. The third kappa shape index (κ3) is 2.50. The van der Waals surface area contributed by atoms with Crippen LogP contribution in [0.15, 0.2) is 42.6 Å². The van der Waals surface area contributed by atoms with E-state index in [-0.39, 0.29) is 0 Å². The van der Waals surface area contributed by atoms with Crippen molar-refractivity contribution < 1.29 is 0 Å². The first kappa shape index (κ1) is 15.6. The van der Waals surface area contributed by atoms with Crippen LogP contribution in [0.1, 0.15) is 12.6 Å². The van der Waals surface area contributed by atoms with Gasteiger partial charge >= 0.3 is 0 Å². The number of aryl methyl sites for hydroxylation is 1. The monoisotopic (exact) mass is 364 g/mol. The number of benzene rings is 1. The number of aromatic nitrogens is 4. The topological polar surface area (TPSA) is 49.6 Å². The molecule has 0 amide bonds. The van der Waals surface area contributed by atoms with Crippen LogP contribution < -0.4 is 9.80 Å². The van der Waals surface area contributed by atoms with E-state index in [4.69, 9.17) is 4.37 Å². The maximum absolute atomic E-state index is 4.71. The highest BCUT2D eigenvalue weighted by Gasteiger charge is 2.22. The van der Waals surface area contributed by atoms with E-state index in [0.717, 1.165) is 55.6 Å². The number of rotatable bonds is 3. The van der Waals surface area contributed by atoms with E-state index < -0.39 is 0 Å². The summed E-state index contributed by atoms with van der Waals surface area (Å²) in [6, 6.07) is 12.6. The zero-order valence-corrected chi connectivity index (χ0v) is 15.5. The smallest absolute Gasteiger partial charge is 0.157 e. The van der Waals surface area contributed by atoms with Crippen molar-refractivity contribution in [2.75, 3.05) is 36.0 Å². The summed E-state index contributed by atoms with van der Waals surface area (Å²) in [5, 5.41) is 5.73. The second-order valence-corrected chi connectivity index (χ2v) is 7.34. The van der Waals surface area contributed by atoms with E-state index in [9.17, 15) is 0 Å². The lowest BCUT2D eigenvalue weighted by molar-refractivity contribution is 0.636. The summed E-state index contributed by atoms with van der Waals surface area (Å²) in [6.45, 7) is 5.97. The van der Waals surface area contributed by atoms with Gasteiger partial charge < -0.3 is 9.80 Å². The van der Waals surface area contributed by atoms with Crippen LogP contribution >= 0.6 is 11.5 Å². The molecular weight excluding hydrogens is 344 g/mol. The van der Waals surface area contributed by atoms with E-state index in [1.807, 2.05) is 16.8 Å². The van der Waals surface area contributed by atoms with Crippen molar-refractivity contribution in [3.05, 3.63) is 48.3 Å². The first-order chi connectivity index (χ1) is 12.8. The molecule has 6 nitrogen and oxygen atoms in total. The summed E-state index contributed by atoms with van der Waals surface area (Å²) in [6.07, 6.45) is 2.75. The lowest BCUT2D eigenvalue weighted by atomic mass is 10.2. The quantitative estimate of drug-likeness (QED) is 0.559. The van der Waals surface area contributed by atoms with E-state index in [2.05, 4.69) is 57.1 Å². The Labute approximate surface area is 155 Å². The molecule has 4 heterocycles. The summed E-state index contributed by atoms with van der Waals surface area (Å²) in [7, 11) is 0. The Morgan fingerprint density at radius 3 is 2.69 bits per heavy atom. The van der Waals surface area contributed by atoms with Crippen molar-refractivity contribution in [1.82, 2.24) is 19.0 Å². The number of hydrogen-bond donors (Lipinski definition) is 0. The summed E-state index contributed by atoms with van der Waals surface area (Å²) in [5.41, 5.74) is 2.04. The maximum Gasteiger partial charge on any atom is 0.157 e. The molecule has 0 saturated carbocycles. The van der Waals surface area contributed by atoms with Gasteiger partial charge in [-0.1, -0.05) is 19.1 Å². The van der Waals surface area contributed by atoms with Crippen LogP contribution in [0.4, 0.5) is 11.6 Å². The molecule has 0 N–H and O–H groups in total. The van der Waals surface area contributed by atoms with Gasteiger partial charge in [-0.2, -0.15) is 14.0 Å². The van der Waals surface area contributed by atoms with E-state index in [1.165, 1.54) is 10.1 Å². The highest BCUT2D eigenvalue weighted by Crippen LogP contribution is 2.30. The number of nitrogens with zero attached hydrogens (tertiary/aromatic N) is 6. The van der Waals surface area contributed by atoms with Gasteiger partial charge in [-0.05, 0) is 30.1 Å². The van der Waals surface area contributed by atoms with Crippen molar-refractivity contribution in [1.29, 1.82) is 0 Å². The van der Waals surface area contributed by atoms with Crippen LogP contribution in [0, 0.1) is 0 Å². The molecule has 0 spiro atoms. The predicted octanol–water partition coefficient (Wildman–Crippen LogP) is 3.23. The minimum Gasteiger partial charge on any atom is -0.353 e. The molecule has 1 aliphatic rings. The fourth-order valence-corrected chi connectivity index (χ4v) is 4.40. The molecule has 4 aromatic rings. The molecule has 1 aliphatic heterocycles. The molecule has 0 bridgehead atoms. The average Bonchev–Trinajstić information content (AvgIpc) is 3.34. The molecule has 0 aliphatic carbocycles. The van der Waals surface area contributed by atoms with Gasteiger partial charge in [-0.15, -0.1) is 0 Å². The standard InChI is InChI=1S/C19H20N6S/c1-2-14-13-18(25-17(21-14)7-8-20-25)23-9-11-24(12-10-23)19-15-5-3-4-6-16(15)26-22-19/h3-8,13H,2,9-12H2,1H3. The zero-order valence-electron chi connectivity index (χ0n) is 14.7. The van der Waals surface area contributed by atoms with E-state index in [1.54, 1.807) is 11.5 Å². The third-order valence-corrected chi connectivity index (χ3v) is 5.83. The normalized spacial score (nSPS) is 15.3. The van der Waals surface area contributed by atoms with Crippen LogP contribution in [0.3, 0.4) is 0 Å². The fourth-order valence-electron chi connectivity index (χ4n) is 3.60. The van der Waals surface area contributed by atoms with Gasteiger partial charge in [0.05, 0.1) is 10.9 Å². The van der Waals surface area contributed by atoms with Gasteiger partial charge in [0.15, 0.2) is 5.65 Å². The molecular formula is C19H20N6S. The second kappa shape index (κ2) is 6.25. The summed E-state index contributed by atoms with van der Waals surface area (Å²) >= 11 is 1.59. The van der Waals surface area contributed by atoms with Crippen LogP contribution in [-0.2, 0) is 6.42 Å². The average molecular weight is 364 g/mol. The van der Waals surface area contributed by atoms with Crippen molar-refractivity contribution >= 4 is 38.9 Å². The number of anilines is 2. The summed E-state index contributed by atoms with van der Waals surface area (Å²) < 4.78 is 7.91. The number of piperazine rings is 1. The highest BCUT2D eigenvalue weighted by molar-refractivity contribution is 7.13. The van der Waals surface area contributed by atoms with Gasteiger partial charge in [0, 0.05) is 49.4 Å². The largest absolute Gasteiger partial charge is 0.353 e. The van der Waals surface area contributed by atoms with Crippen molar-refractivity contribution in [2.24, 2.45) is 0 Å². The molecule has 0 unspecified atom stereocenters. The Morgan fingerprint density at radius 2 is 1.85 bits per heavy atom. The Morgan fingerprint density at radius 1 is 1.04 bits per heavy atom. The van der Waals surface area contributed by atoms with Crippen LogP contribution in [0.2, 0.25) is 0 Å². The Bertz CT molecular complexity index is 1060. The highest BCUT2D eigenvalue weighted by atomic mass is 32.1. The lowest BCUT2D eigenvalue weighted by Crippen LogP contribution is -2.47. The molecule has 7 heteroatoms. The molecule has 0 radical (unpaired) electrons. The SMILES string of the molecule is CCc1cc(N2CCN(c3nsc4ccccc34)CC2)n2nccc2n1. The van der Waals surface area contributed by atoms with Crippen molar-refractivity contribution in [3.63, 3.8) is 0 Å². The van der Waals surface area contributed by atoms with Gasteiger partial charge in [0.1, 0.15) is 11.6 Å². The van der Waals surface area contributed by atoms with Gasteiger partial charge in [-0.3, -0.25) is 0 Å². The molecule has 1 aromatic carbocycles. The van der Waals surface area contributed by atoms with Gasteiger partial charge in [-0.25, -0.2) is 4.98 Å². The van der Waals surface area contributed by atoms with Crippen molar-refractivity contribution in [3.8, 4) is 0 Å². The first-order valence-electron chi connectivity index (χ1n) is 9.01. The van der Waals surface area contributed by atoms with Crippen molar-refractivity contribution in [2.45, 2.75) is 13.3 Å². The minimum atomic E-state index is 0.923. The van der Waals surface area contributed by atoms with Crippen LogP contribution in [-0.4, -0.2) is 45.2 Å². The predicted molar refractivity (Wildman–Crippen MR) is 106 cm³/mol. The van der Waals surface area contributed by atoms with E-state index >= 15 is 0 Å². The molecule has 0 atom stereocenters. The Hall–Kier alpha value is -2.67. The van der Waals surface area contributed by atoms with E-state index in [0.29, 0.717) is 0 Å². The zero-order chi connectivity index (χ0) is 17.5. The van der Waals surface area contributed by atoms with Gasteiger partial charge in [0.2, 0.25) is 0 Å². The third-order valence-electron chi connectivity index (χ3n) is 5.02.